The minimum absolute atomic E-state index is 0.126. The zero-order chi connectivity index (χ0) is 29.9. The maximum Gasteiger partial charge on any atom is 0.256 e. The van der Waals surface area contributed by atoms with E-state index in [4.69, 9.17) is 4.74 Å². The van der Waals surface area contributed by atoms with Gasteiger partial charge in [0.15, 0.2) is 0 Å². The van der Waals surface area contributed by atoms with Crippen molar-refractivity contribution in [3.8, 4) is 34.0 Å². The molecule has 0 bridgehead atoms. The molecule has 0 atom stereocenters. The Kier molecular flexibility index (Phi) is 4.66. The van der Waals surface area contributed by atoms with Crippen LogP contribution in [0.4, 0.5) is 0 Å². The van der Waals surface area contributed by atoms with E-state index in [9.17, 15) is 0 Å². The highest BCUT2D eigenvalue weighted by molar-refractivity contribution is 6.99. The summed E-state index contributed by atoms with van der Waals surface area (Å²) < 4.78 is 11.5. The van der Waals surface area contributed by atoms with Crippen LogP contribution in [-0.4, -0.2) is 15.8 Å². The van der Waals surface area contributed by atoms with Gasteiger partial charge in [0.1, 0.15) is 11.5 Å². The predicted octanol–water partition coefficient (Wildman–Crippen LogP) is 8.48. The molecule has 0 N–H and O–H groups in total. The van der Waals surface area contributed by atoms with E-state index in [-0.39, 0.29) is 6.71 Å². The zero-order valence-electron chi connectivity index (χ0n) is 24.8. The monoisotopic (exact) mass is 584 g/mol. The maximum atomic E-state index is 6.54. The van der Waals surface area contributed by atoms with Gasteiger partial charge in [-0.15, -0.1) is 0 Å². The summed E-state index contributed by atoms with van der Waals surface area (Å²) in [7, 11) is 0. The van der Waals surface area contributed by atoms with E-state index in [1.54, 1.807) is 0 Å². The Morgan fingerprint density at radius 1 is 0.435 bits per heavy atom. The Morgan fingerprint density at radius 2 is 1.13 bits per heavy atom. The lowest BCUT2D eigenvalue weighted by Crippen LogP contribution is -2.58. The van der Waals surface area contributed by atoms with Crippen LogP contribution in [0.2, 0.25) is 0 Å². The summed E-state index contributed by atoms with van der Waals surface area (Å²) in [6.07, 6.45) is 0. The number of ether oxygens (including phenoxy) is 1. The van der Waals surface area contributed by atoms with Gasteiger partial charge in [0.05, 0.1) is 16.6 Å². The van der Waals surface area contributed by atoms with Crippen LogP contribution in [0.3, 0.4) is 0 Å². The lowest BCUT2D eigenvalue weighted by atomic mass is 9.34. The fourth-order valence-corrected chi connectivity index (χ4v) is 8.29. The number of hydrogen-bond acceptors (Lipinski definition) is 1. The number of para-hydroxylation sites is 3. The summed E-state index contributed by atoms with van der Waals surface area (Å²) in [5, 5.41) is 5.09. The molecule has 0 radical (unpaired) electrons. The molecular formula is C42H25BN2O. The highest BCUT2D eigenvalue weighted by Gasteiger charge is 2.40. The van der Waals surface area contributed by atoms with Crippen LogP contribution in [0.5, 0.6) is 11.5 Å². The molecule has 0 saturated heterocycles. The van der Waals surface area contributed by atoms with Gasteiger partial charge in [-0.25, -0.2) is 0 Å². The Labute approximate surface area is 265 Å². The average Bonchev–Trinajstić information content (AvgIpc) is 3.62. The first-order chi connectivity index (χ1) is 22.8. The molecule has 4 heterocycles. The summed E-state index contributed by atoms with van der Waals surface area (Å²) in [5.41, 5.74) is 13.5. The van der Waals surface area contributed by atoms with Crippen molar-refractivity contribution in [1.82, 2.24) is 9.13 Å². The van der Waals surface area contributed by atoms with Gasteiger partial charge in [-0.2, -0.15) is 0 Å². The fraction of sp³-hybridized carbons (Fsp3) is 0. The molecule has 9 aromatic rings. The van der Waals surface area contributed by atoms with Crippen molar-refractivity contribution in [3.05, 3.63) is 152 Å². The molecule has 0 fully saturated rings. The summed E-state index contributed by atoms with van der Waals surface area (Å²) in [6, 6.07) is 55.1. The molecule has 2 aliphatic heterocycles. The van der Waals surface area contributed by atoms with Crippen molar-refractivity contribution >= 4 is 66.7 Å². The highest BCUT2D eigenvalue weighted by atomic mass is 16.5. The minimum atomic E-state index is 0.126. The lowest BCUT2D eigenvalue weighted by molar-refractivity contribution is 0.487. The molecule has 4 heteroatoms. The number of hydrogen-bond donors (Lipinski definition) is 0. The zero-order valence-corrected chi connectivity index (χ0v) is 24.8. The highest BCUT2D eigenvalue weighted by Crippen LogP contribution is 2.41. The van der Waals surface area contributed by atoms with Gasteiger partial charge in [-0.3, -0.25) is 0 Å². The van der Waals surface area contributed by atoms with Crippen molar-refractivity contribution in [2.45, 2.75) is 0 Å². The molecule has 2 aliphatic rings. The van der Waals surface area contributed by atoms with E-state index < -0.39 is 0 Å². The first-order valence-corrected chi connectivity index (χ1v) is 15.9. The lowest BCUT2D eigenvalue weighted by Gasteiger charge is -2.33. The average molecular weight is 584 g/mol. The Morgan fingerprint density at radius 3 is 2.09 bits per heavy atom. The van der Waals surface area contributed by atoms with Crippen LogP contribution in [0.25, 0.3) is 66.1 Å². The number of nitrogens with zero attached hydrogens (tertiary/aromatic N) is 2. The fourth-order valence-electron chi connectivity index (χ4n) is 8.29. The van der Waals surface area contributed by atoms with Crippen LogP contribution in [0, 0.1) is 0 Å². The van der Waals surface area contributed by atoms with Gasteiger partial charge in [0.2, 0.25) is 0 Å². The second-order valence-corrected chi connectivity index (χ2v) is 12.5. The minimum Gasteiger partial charge on any atom is -0.458 e. The molecule has 2 aromatic heterocycles. The van der Waals surface area contributed by atoms with Gasteiger partial charge in [-0.1, -0.05) is 103 Å². The molecule has 0 unspecified atom stereocenters. The van der Waals surface area contributed by atoms with Gasteiger partial charge >= 0.3 is 0 Å². The second kappa shape index (κ2) is 8.80. The first kappa shape index (κ1) is 24.3. The van der Waals surface area contributed by atoms with Crippen molar-refractivity contribution in [2.24, 2.45) is 0 Å². The second-order valence-electron chi connectivity index (χ2n) is 12.5. The smallest absolute Gasteiger partial charge is 0.256 e. The van der Waals surface area contributed by atoms with Crippen LogP contribution in [0.1, 0.15) is 0 Å². The van der Waals surface area contributed by atoms with Crippen LogP contribution in [0.15, 0.2) is 152 Å². The Bertz CT molecular complexity index is 2740. The number of benzene rings is 7. The quantitative estimate of drug-likeness (QED) is 0.187. The maximum absolute atomic E-state index is 6.54. The summed E-state index contributed by atoms with van der Waals surface area (Å²) in [4.78, 5) is 0. The van der Waals surface area contributed by atoms with Crippen LogP contribution in [-0.2, 0) is 0 Å². The third-order valence-electron chi connectivity index (χ3n) is 10.2. The van der Waals surface area contributed by atoms with Gasteiger partial charge < -0.3 is 13.9 Å². The largest absolute Gasteiger partial charge is 0.458 e. The molecular weight excluding hydrogens is 559 g/mol. The number of aromatic nitrogens is 2. The molecule has 11 rings (SSSR count). The van der Waals surface area contributed by atoms with E-state index in [1.807, 2.05) is 0 Å². The van der Waals surface area contributed by atoms with Gasteiger partial charge in [0, 0.05) is 38.4 Å². The van der Waals surface area contributed by atoms with Crippen molar-refractivity contribution in [2.75, 3.05) is 0 Å². The molecule has 0 amide bonds. The van der Waals surface area contributed by atoms with E-state index >= 15 is 0 Å². The van der Waals surface area contributed by atoms with Crippen molar-refractivity contribution < 1.29 is 4.74 Å². The normalized spacial score (nSPS) is 12.9. The molecule has 7 aromatic carbocycles. The van der Waals surface area contributed by atoms with Crippen LogP contribution < -0.4 is 21.1 Å². The SMILES string of the molecule is c1ccc(-c2cccc(-n3c4ccccc4c4cc5c6cccc7c6n(c5cc43)-c3cccc4c3B7c3ccccc3O4)c2)cc1. The van der Waals surface area contributed by atoms with Gasteiger partial charge in [-0.05, 0) is 76.0 Å². The van der Waals surface area contributed by atoms with E-state index in [2.05, 4.69) is 161 Å². The molecule has 3 nitrogen and oxygen atoms in total. The Hall–Kier alpha value is -6.00. The third kappa shape index (κ3) is 3.08. The van der Waals surface area contributed by atoms with Crippen molar-refractivity contribution in [3.63, 3.8) is 0 Å². The standard InChI is InChI=1S/C42H25BN2O/c1-2-11-26(12-3-1)27-13-8-14-28(23-27)44-35-19-6-4-15-29(35)31-24-32-30-16-9-18-34-42(30)45(38(32)25-37(31)44)36-20-10-22-40-41(36)43(34)33-17-5-7-21-39(33)46-40/h1-25H. The first-order valence-electron chi connectivity index (χ1n) is 15.9. The van der Waals surface area contributed by atoms with Crippen molar-refractivity contribution in [1.29, 1.82) is 0 Å². The molecule has 0 aliphatic carbocycles. The molecule has 0 spiro atoms. The van der Waals surface area contributed by atoms with Crippen LogP contribution >= 0.6 is 0 Å². The van der Waals surface area contributed by atoms with E-state index in [1.165, 1.54) is 76.8 Å². The summed E-state index contributed by atoms with van der Waals surface area (Å²) in [6.45, 7) is 0.126. The molecule has 0 saturated carbocycles. The Balaban J connectivity index is 1.26. The summed E-state index contributed by atoms with van der Waals surface area (Å²) >= 11 is 0. The van der Waals surface area contributed by atoms with E-state index in [0.29, 0.717) is 0 Å². The van der Waals surface area contributed by atoms with Gasteiger partial charge in [0.25, 0.3) is 6.71 Å². The summed E-state index contributed by atoms with van der Waals surface area (Å²) in [5.74, 6) is 1.89. The number of rotatable bonds is 2. The number of fused-ring (bicyclic) bond motifs is 10. The predicted molar refractivity (Wildman–Crippen MR) is 192 cm³/mol. The third-order valence-corrected chi connectivity index (χ3v) is 10.2. The molecule has 212 valence electrons. The topological polar surface area (TPSA) is 19.1 Å². The molecule has 46 heavy (non-hydrogen) atoms. The van der Waals surface area contributed by atoms with E-state index in [0.717, 1.165) is 17.2 Å².